The minimum atomic E-state index is -0.436. The third-order valence-electron chi connectivity index (χ3n) is 3.39. The number of carbonyl (C=O) groups excluding carboxylic acids is 1. The van der Waals surface area contributed by atoms with Crippen LogP contribution < -0.4 is 10.1 Å². The van der Waals surface area contributed by atoms with Gasteiger partial charge in [0.15, 0.2) is 0 Å². The molecule has 0 aliphatic heterocycles. The molecule has 0 heterocycles. The van der Waals surface area contributed by atoms with Crippen LogP contribution in [0.4, 0.5) is 4.79 Å². The molecule has 1 N–H and O–H groups in total. The van der Waals surface area contributed by atoms with E-state index in [1.165, 1.54) is 5.56 Å². The summed E-state index contributed by atoms with van der Waals surface area (Å²) in [5, 5.41) is 4.00. The molecule has 25 heavy (non-hydrogen) atoms. The fraction of sp³-hybridized carbons (Fsp3) is 0.316. The van der Waals surface area contributed by atoms with Crippen molar-refractivity contribution >= 4 is 33.6 Å². The van der Waals surface area contributed by atoms with Gasteiger partial charge in [0.1, 0.15) is 12.4 Å². The Bertz CT molecular complexity index is 667. The predicted molar refractivity (Wildman–Crippen MR) is 104 cm³/mol. The van der Waals surface area contributed by atoms with Crippen LogP contribution in [0.15, 0.2) is 48.5 Å². The molecule has 4 nitrogen and oxygen atoms in total. The first-order chi connectivity index (χ1) is 12.2. The van der Waals surface area contributed by atoms with Crippen LogP contribution >= 0.6 is 27.5 Å². The second-order valence-electron chi connectivity index (χ2n) is 5.38. The molecule has 0 unspecified atom stereocenters. The highest BCUT2D eigenvalue weighted by Crippen LogP contribution is 2.26. The largest absolute Gasteiger partial charge is 0.490 e. The van der Waals surface area contributed by atoms with Gasteiger partial charge in [0.05, 0.1) is 18.2 Å². The maximum absolute atomic E-state index is 11.4. The lowest BCUT2D eigenvalue weighted by atomic mass is 10.1. The van der Waals surface area contributed by atoms with E-state index < -0.39 is 6.09 Å². The summed E-state index contributed by atoms with van der Waals surface area (Å²) in [4.78, 5) is 11.4. The molecule has 6 heteroatoms. The number of rotatable bonds is 9. The van der Waals surface area contributed by atoms with Gasteiger partial charge in [0.25, 0.3) is 0 Å². The summed E-state index contributed by atoms with van der Waals surface area (Å²) in [7, 11) is 0. The average molecular weight is 427 g/mol. The van der Waals surface area contributed by atoms with E-state index in [1.807, 2.05) is 36.4 Å². The minimum absolute atomic E-state index is 0.325. The van der Waals surface area contributed by atoms with Gasteiger partial charge in [0, 0.05) is 5.33 Å². The number of hydrogen-bond acceptors (Lipinski definition) is 3. The lowest BCUT2D eigenvalue weighted by Crippen LogP contribution is -2.29. The Morgan fingerprint density at radius 2 is 1.88 bits per heavy atom. The smallest absolute Gasteiger partial charge is 0.407 e. The van der Waals surface area contributed by atoms with Gasteiger partial charge < -0.3 is 14.8 Å². The summed E-state index contributed by atoms with van der Waals surface area (Å²) < 4.78 is 10.6. The van der Waals surface area contributed by atoms with Crippen molar-refractivity contribution in [1.82, 2.24) is 5.32 Å². The summed E-state index contributed by atoms with van der Waals surface area (Å²) in [6.07, 6.45) is 1.17. The van der Waals surface area contributed by atoms with Crippen molar-refractivity contribution in [2.45, 2.75) is 12.8 Å². The lowest BCUT2D eigenvalue weighted by molar-refractivity contribution is 0.144. The van der Waals surface area contributed by atoms with Gasteiger partial charge >= 0.3 is 6.09 Å². The molecule has 0 spiro atoms. The molecule has 0 saturated carbocycles. The topological polar surface area (TPSA) is 47.6 Å². The Balaban J connectivity index is 1.74. The van der Waals surface area contributed by atoms with Crippen LogP contribution in [0.5, 0.6) is 5.75 Å². The Morgan fingerprint density at radius 1 is 1.08 bits per heavy atom. The van der Waals surface area contributed by atoms with E-state index in [2.05, 4.69) is 33.4 Å². The number of alkyl halides is 1. The molecule has 0 saturated heterocycles. The number of ether oxygens (including phenoxy) is 2. The van der Waals surface area contributed by atoms with Gasteiger partial charge in [-0.1, -0.05) is 63.9 Å². The van der Waals surface area contributed by atoms with Crippen LogP contribution in [0.2, 0.25) is 5.02 Å². The number of amides is 1. The Labute approximate surface area is 161 Å². The molecule has 0 aliphatic carbocycles. The molecule has 0 radical (unpaired) electrons. The van der Waals surface area contributed by atoms with E-state index in [-0.39, 0.29) is 0 Å². The normalized spacial score (nSPS) is 10.3. The summed E-state index contributed by atoms with van der Waals surface area (Å²) >= 11 is 9.56. The van der Waals surface area contributed by atoms with E-state index >= 15 is 0 Å². The SMILES string of the molecule is O=C(NCCOc1ccc(Cc2ccccc2)cc1Cl)OCCCBr. The number of nitrogens with one attached hydrogen (secondary N) is 1. The first-order valence-corrected chi connectivity index (χ1v) is 9.60. The van der Waals surface area contributed by atoms with Crippen molar-refractivity contribution in [3.8, 4) is 5.75 Å². The molecule has 2 rings (SSSR count). The quantitative estimate of drug-likeness (QED) is 0.462. The third kappa shape index (κ3) is 7.36. The van der Waals surface area contributed by atoms with Gasteiger partial charge in [-0.25, -0.2) is 4.79 Å². The second kappa shape index (κ2) is 11.0. The van der Waals surface area contributed by atoms with Gasteiger partial charge in [0.2, 0.25) is 0 Å². The maximum Gasteiger partial charge on any atom is 0.407 e. The summed E-state index contributed by atoms with van der Waals surface area (Å²) in [6.45, 7) is 1.08. The number of hydrogen-bond donors (Lipinski definition) is 1. The molecule has 0 fully saturated rings. The first kappa shape index (κ1) is 19.6. The van der Waals surface area contributed by atoms with Crippen LogP contribution in [0.25, 0.3) is 0 Å². The van der Waals surface area contributed by atoms with E-state index in [9.17, 15) is 4.79 Å². The minimum Gasteiger partial charge on any atom is -0.490 e. The zero-order valence-corrected chi connectivity index (χ0v) is 16.2. The van der Waals surface area contributed by atoms with Crippen molar-refractivity contribution < 1.29 is 14.3 Å². The Kier molecular flexibility index (Phi) is 8.63. The van der Waals surface area contributed by atoms with E-state index in [4.69, 9.17) is 21.1 Å². The fourth-order valence-electron chi connectivity index (χ4n) is 2.19. The number of alkyl carbamates (subject to hydrolysis) is 1. The number of halogens is 2. The average Bonchev–Trinajstić information content (AvgIpc) is 2.61. The van der Waals surface area contributed by atoms with Crippen molar-refractivity contribution in [1.29, 1.82) is 0 Å². The lowest BCUT2D eigenvalue weighted by Gasteiger charge is -2.11. The highest BCUT2D eigenvalue weighted by atomic mass is 79.9. The molecular weight excluding hydrogens is 406 g/mol. The Morgan fingerprint density at radius 3 is 2.60 bits per heavy atom. The number of benzene rings is 2. The van der Waals surface area contributed by atoms with Crippen molar-refractivity contribution in [3.05, 3.63) is 64.7 Å². The molecule has 0 bridgehead atoms. The van der Waals surface area contributed by atoms with Crippen molar-refractivity contribution in [3.63, 3.8) is 0 Å². The van der Waals surface area contributed by atoms with E-state index in [1.54, 1.807) is 0 Å². The molecule has 0 aromatic heterocycles. The summed E-state index contributed by atoms with van der Waals surface area (Å²) in [5.74, 6) is 0.605. The second-order valence-corrected chi connectivity index (χ2v) is 6.58. The highest BCUT2D eigenvalue weighted by molar-refractivity contribution is 9.09. The number of carbonyl (C=O) groups is 1. The fourth-order valence-corrected chi connectivity index (χ4v) is 2.67. The van der Waals surface area contributed by atoms with Gasteiger partial charge in [-0.3, -0.25) is 0 Å². The molecule has 134 valence electrons. The monoisotopic (exact) mass is 425 g/mol. The molecule has 0 atom stereocenters. The first-order valence-electron chi connectivity index (χ1n) is 8.11. The van der Waals surface area contributed by atoms with Crippen LogP contribution in [-0.2, 0) is 11.2 Å². The summed E-state index contributed by atoms with van der Waals surface area (Å²) in [5.41, 5.74) is 2.35. The molecule has 2 aromatic carbocycles. The molecule has 2 aromatic rings. The van der Waals surface area contributed by atoms with Crippen LogP contribution in [0.3, 0.4) is 0 Å². The molecule has 0 aliphatic rings. The van der Waals surface area contributed by atoms with E-state index in [0.29, 0.717) is 30.5 Å². The van der Waals surface area contributed by atoms with Crippen molar-refractivity contribution in [2.75, 3.05) is 25.1 Å². The van der Waals surface area contributed by atoms with Crippen LogP contribution in [0, 0.1) is 0 Å². The zero-order chi connectivity index (χ0) is 17.9. The predicted octanol–water partition coefficient (Wildman–Crippen LogP) is 4.82. The molecular formula is C19H21BrClNO3. The maximum atomic E-state index is 11.4. The van der Waals surface area contributed by atoms with E-state index in [0.717, 1.165) is 23.7 Å². The van der Waals surface area contributed by atoms with Gasteiger partial charge in [-0.05, 0) is 36.1 Å². The molecule has 1 amide bonds. The van der Waals surface area contributed by atoms with Crippen LogP contribution in [-0.4, -0.2) is 31.2 Å². The zero-order valence-electron chi connectivity index (χ0n) is 13.8. The van der Waals surface area contributed by atoms with Crippen LogP contribution in [0.1, 0.15) is 17.5 Å². The summed E-state index contributed by atoms with van der Waals surface area (Å²) in [6, 6.07) is 16.0. The van der Waals surface area contributed by atoms with Gasteiger partial charge in [-0.15, -0.1) is 0 Å². The highest BCUT2D eigenvalue weighted by Gasteiger charge is 2.05. The Hall–Kier alpha value is -1.72. The van der Waals surface area contributed by atoms with Crippen molar-refractivity contribution in [2.24, 2.45) is 0 Å². The standard InChI is InChI=1S/C19H21BrClNO3/c20-9-4-11-25-19(23)22-10-12-24-18-8-7-16(14-17(18)21)13-15-5-2-1-3-6-15/h1-3,5-8,14H,4,9-13H2,(H,22,23). The third-order valence-corrected chi connectivity index (χ3v) is 4.24. The van der Waals surface area contributed by atoms with Gasteiger partial charge in [-0.2, -0.15) is 0 Å².